The second-order valence-corrected chi connectivity index (χ2v) is 4.30. The Balaban J connectivity index is 1.65. The van der Waals surface area contributed by atoms with Crippen molar-refractivity contribution < 1.29 is 14.0 Å². The van der Waals surface area contributed by atoms with Gasteiger partial charge in [0.05, 0.1) is 17.8 Å². The first kappa shape index (κ1) is 11.4. The summed E-state index contributed by atoms with van der Waals surface area (Å²) in [5.74, 6) is 2.11. The standard InChI is InChI=1S/C12H11ClN2O3/c13-10-3-8(4-11-12(10)17-7-16-11)5-14-6-9-1-2-15-18-9/h1-4,14H,5-7H2. The van der Waals surface area contributed by atoms with Crippen LogP contribution in [0.3, 0.4) is 0 Å². The lowest BCUT2D eigenvalue weighted by Crippen LogP contribution is -2.12. The van der Waals surface area contributed by atoms with Crippen LogP contribution in [0.4, 0.5) is 0 Å². The van der Waals surface area contributed by atoms with Gasteiger partial charge in [-0.15, -0.1) is 0 Å². The maximum Gasteiger partial charge on any atom is 0.231 e. The highest BCUT2D eigenvalue weighted by atomic mass is 35.5. The van der Waals surface area contributed by atoms with Gasteiger partial charge in [-0.1, -0.05) is 16.8 Å². The fraction of sp³-hybridized carbons (Fsp3) is 0.250. The number of aromatic nitrogens is 1. The highest BCUT2D eigenvalue weighted by Crippen LogP contribution is 2.39. The minimum atomic E-state index is 0.226. The average Bonchev–Trinajstić information content (AvgIpc) is 2.99. The average molecular weight is 267 g/mol. The molecule has 1 aromatic carbocycles. The molecule has 1 aromatic heterocycles. The minimum absolute atomic E-state index is 0.226. The van der Waals surface area contributed by atoms with Crippen molar-refractivity contribution in [3.05, 3.63) is 40.7 Å². The molecule has 1 aliphatic rings. The van der Waals surface area contributed by atoms with Crippen LogP contribution in [0.15, 0.2) is 28.9 Å². The Hall–Kier alpha value is -1.72. The van der Waals surface area contributed by atoms with Crippen molar-refractivity contribution >= 4 is 11.6 Å². The van der Waals surface area contributed by atoms with E-state index in [4.69, 9.17) is 25.6 Å². The molecular formula is C12H11ClN2O3. The first-order valence-electron chi connectivity index (χ1n) is 5.51. The number of hydrogen-bond donors (Lipinski definition) is 1. The van der Waals surface area contributed by atoms with Gasteiger partial charge in [0.2, 0.25) is 6.79 Å². The van der Waals surface area contributed by atoms with E-state index in [1.807, 2.05) is 18.2 Å². The predicted octanol–water partition coefficient (Wildman–Crippen LogP) is 2.35. The molecular weight excluding hydrogens is 256 g/mol. The Morgan fingerprint density at radius 2 is 2.22 bits per heavy atom. The molecule has 3 rings (SSSR count). The monoisotopic (exact) mass is 266 g/mol. The van der Waals surface area contributed by atoms with Gasteiger partial charge in [0.25, 0.3) is 0 Å². The molecule has 0 fully saturated rings. The third-order valence-electron chi connectivity index (χ3n) is 2.61. The molecule has 0 unspecified atom stereocenters. The van der Waals surface area contributed by atoms with Crippen molar-refractivity contribution in [3.63, 3.8) is 0 Å². The minimum Gasteiger partial charge on any atom is -0.454 e. The van der Waals surface area contributed by atoms with Crippen LogP contribution in [0, 0.1) is 0 Å². The fourth-order valence-electron chi connectivity index (χ4n) is 1.79. The third-order valence-corrected chi connectivity index (χ3v) is 2.89. The summed E-state index contributed by atoms with van der Waals surface area (Å²) in [5, 5.41) is 7.44. The van der Waals surface area contributed by atoms with Crippen molar-refractivity contribution in [1.29, 1.82) is 0 Å². The Kier molecular flexibility index (Phi) is 3.08. The van der Waals surface area contributed by atoms with E-state index < -0.39 is 0 Å². The molecule has 0 atom stereocenters. The summed E-state index contributed by atoms with van der Waals surface area (Å²) in [6.45, 7) is 1.51. The smallest absolute Gasteiger partial charge is 0.231 e. The Morgan fingerprint density at radius 1 is 1.28 bits per heavy atom. The van der Waals surface area contributed by atoms with E-state index in [-0.39, 0.29) is 6.79 Å². The van der Waals surface area contributed by atoms with Gasteiger partial charge in [-0.25, -0.2) is 0 Å². The van der Waals surface area contributed by atoms with E-state index >= 15 is 0 Å². The molecule has 18 heavy (non-hydrogen) atoms. The van der Waals surface area contributed by atoms with Gasteiger partial charge < -0.3 is 19.3 Å². The second kappa shape index (κ2) is 4.88. The van der Waals surface area contributed by atoms with Gasteiger partial charge in [-0.2, -0.15) is 0 Å². The van der Waals surface area contributed by atoms with Crippen LogP contribution in [-0.4, -0.2) is 11.9 Å². The van der Waals surface area contributed by atoms with E-state index in [1.165, 1.54) is 0 Å². The summed E-state index contributed by atoms with van der Waals surface area (Å²) in [6.07, 6.45) is 1.62. The molecule has 0 spiro atoms. The van der Waals surface area contributed by atoms with Crippen LogP contribution in [0.5, 0.6) is 11.5 Å². The quantitative estimate of drug-likeness (QED) is 0.921. The number of halogens is 1. The number of ether oxygens (including phenoxy) is 2. The normalized spacial score (nSPS) is 12.9. The van der Waals surface area contributed by atoms with Crippen molar-refractivity contribution in [1.82, 2.24) is 10.5 Å². The number of benzene rings is 1. The lowest BCUT2D eigenvalue weighted by molar-refractivity contribution is 0.174. The van der Waals surface area contributed by atoms with Crippen molar-refractivity contribution in [2.75, 3.05) is 6.79 Å². The topological polar surface area (TPSA) is 56.5 Å². The molecule has 0 saturated heterocycles. The third kappa shape index (κ3) is 2.27. The highest BCUT2D eigenvalue weighted by molar-refractivity contribution is 6.32. The first-order chi connectivity index (χ1) is 8.83. The van der Waals surface area contributed by atoms with Crippen LogP contribution >= 0.6 is 11.6 Å². The van der Waals surface area contributed by atoms with E-state index in [0.717, 1.165) is 11.3 Å². The van der Waals surface area contributed by atoms with Crippen LogP contribution in [-0.2, 0) is 13.1 Å². The summed E-state index contributed by atoms with van der Waals surface area (Å²) in [7, 11) is 0. The molecule has 2 aromatic rings. The van der Waals surface area contributed by atoms with Crippen molar-refractivity contribution in [2.24, 2.45) is 0 Å². The maximum absolute atomic E-state index is 6.09. The molecule has 1 aliphatic heterocycles. The zero-order chi connectivity index (χ0) is 12.4. The van der Waals surface area contributed by atoms with Gasteiger partial charge in [0, 0.05) is 12.6 Å². The van der Waals surface area contributed by atoms with Crippen LogP contribution in [0.1, 0.15) is 11.3 Å². The summed E-state index contributed by atoms with van der Waals surface area (Å²) < 4.78 is 15.5. The van der Waals surface area contributed by atoms with Gasteiger partial charge in [-0.05, 0) is 17.7 Å². The van der Waals surface area contributed by atoms with Gasteiger partial charge in [-0.3, -0.25) is 0 Å². The predicted molar refractivity (Wildman–Crippen MR) is 64.6 cm³/mol. The summed E-state index contributed by atoms with van der Waals surface area (Å²) in [6, 6.07) is 5.60. The van der Waals surface area contributed by atoms with E-state index in [1.54, 1.807) is 6.20 Å². The Morgan fingerprint density at radius 3 is 3.06 bits per heavy atom. The number of hydrogen-bond acceptors (Lipinski definition) is 5. The van der Waals surface area contributed by atoms with E-state index in [2.05, 4.69) is 10.5 Å². The van der Waals surface area contributed by atoms with Crippen LogP contribution in [0.25, 0.3) is 0 Å². The highest BCUT2D eigenvalue weighted by Gasteiger charge is 2.17. The lowest BCUT2D eigenvalue weighted by atomic mass is 10.2. The van der Waals surface area contributed by atoms with Crippen LogP contribution < -0.4 is 14.8 Å². The Labute approximate surface area is 109 Å². The summed E-state index contributed by atoms with van der Waals surface area (Å²) >= 11 is 6.09. The number of rotatable bonds is 4. The maximum atomic E-state index is 6.09. The van der Waals surface area contributed by atoms with Gasteiger partial charge >= 0.3 is 0 Å². The molecule has 0 radical (unpaired) electrons. The summed E-state index contributed by atoms with van der Waals surface area (Å²) in [5.41, 5.74) is 1.03. The fourth-order valence-corrected chi connectivity index (χ4v) is 2.07. The molecule has 1 N–H and O–H groups in total. The summed E-state index contributed by atoms with van der Waals surface area (Å²) in [4.78, 5) is 0. The molecule has 0 aliphatic carbocycles. The van der Waals surface area contributed by atoms with Gasteiger partial charge in [0.1, 0.15) is 5.76 Å². The number of fused-ring (bicyclic) bond motifs is 1. The molecule has 0 saturated carbocycles. The van der Waals surface area contributed by atoms with E-state index in [0.29, 0.717) is 29.6 Å². The number of nitrogens with zero attached hydrogens (tertiary/aromatic N) is 1. The molecule has 0 bridgehead atoms. The van der Waals surface area contributed by atoms with Crippen molar-refractivity contribution in [2.45, 2.75) is 13.1 Å². The Bertz CT molecular complexity index is 543. The second-order valence-electron chi connectivity index (χ2n) is 3.89. The molecule has 2 heterocycles. The van der Waals surface area contributed by atoms with E-state index in [9.17, 15) is 0 Å². The first-order valence-corrected chi connectivity index (χ1v) is 5.89. The number of nitrogens with one attached hydrogen (secondary N) is 1. The lowest BCUT2D eigenvalue weighted by Gasteiger charge is -2.05. The molecule has 94 valence electrons. The molecule has 0 amide bonds. The molecule has 5 nitrogen and oxygen atoms in total. The van der Waals surface area contributed by atoms with Crippen molar-refractivity contribution in [3.8, 4) is 11.5 Å². The zero-order valence-electron chi connectivity index (χ0n) is 9.48. The van der Waals surface area contributed by atoms with Crippen LogP contribution in [0.2, 0.25) is 5.02 Å². The molecule has 6 heteroatoms. The largest absolute Gasteiger partial charge is 0.454 e. The zero-order valence-corrected chi connectivity index (χ0v) is 10.2. The van der Waals surface area contributed by atoms with Gasteiger partial charge in [0.15, 0.2) is 11.5 Å². The SMILES string of the molecule is Clc1cc(CNCc2ccno2)cc2c1OCO2.